The summed E-state index contributed by atoms with van der Waals surface area (Å²) in [6.45, 7) is 0. The fraction of sp³-hybridized carbons (Fsp3) is 0.0714. The standard InChI is InChI=1S/C14H10Br3NO/c15-10-3-1-9(2-4-10)7-14(19)18-13-6-5-11(16)8-12(13)17/h1-6,8H,7H2,(H,18,19). The summed E-state index contributed by atoms with van der Waals surface area (Å²) < 4.78 is 2.82. The van der Waals surface area contributed by atoms with E-state index in [1.807, 2.05) is 42.5 Å². The number of carbonyl (C=O) groups is 1. The van der Waals surface area contributed by atoms with Gasteiger partial charge >= 0.3 is 0 Å². The van der Waals surface area contributed by atoms with Gasteiger partial charge in [-0.25, -0.2) is 0 Å². The van der Waals surface area contributed by atoms with Crippen molar-refractivity contribution in [1.29, 1.82) is 0 Å². The third-order valence-electron chi connectivity index (χ3n) is 2.48. The first-order chi connectivity index (χ1) is 9.04. The van der Waals surface area contributed by atoms with Gasteiger partial charge in [0.15, 0.2) is 0 Å². The van der Waals surface area contributed by atoms with Crippen LogP contribution in [-0.2, 0) is 11.2 Å². The van der Waals surface area contributed by atoms with E-state index in [-0.39, 0.29) is 5.91 Å². The van der Waals surface area contributed by atoms with Gasteiger partial charge in [0.1, 0.15) is 0 Å². The van der Waals surface area contributed by atoms with Crippen LogP contribution >= 0.6 is 47.8 Å². The van der Waals surface area contributed by atoms with Crippen molar-refractivity contribution in [2.45, 2.75) is 6.42 Å². The summed E-state index contributed by atoms with van der Waals surface area (Å²) in [5.41, 5.74) is 1.75. The third-order valence-corrected chi connectivity index (χ3v) is 4.16. The fourth-order valence-electron chi connectivity index (χ4n) is 1.57. The lowest BCUT2D eigenvalue weighted by Crippen LogP contribution is -2.14. The van der Waals surface area contributed by atoms with Crippen LogP contribution in [0.1, 0.15) is 5.56 Å². The molecule has 0 saturated carbocycles. The highest BCUT2D eigenvalue weighted by molar-refractivity contribution is 9.11. The van der Waals surface area contributed by atoms with Gasteiger partial charge in [0.05, 0.1) is 12.1 Å². The van der Waals surface area contributed by atoms with Crippen molar-refractivity contribution in [3.05, 3.63) is 61.4 Å². The van der Waals surface area contributed by atoms with E-state index in [0.29, 0.717) is 6.42 Å². The van der Waals surface area contributed by atoms with Crippen LogP contribution < -0.4 is 5.32 Å². The van der Waals surface area contributed by atoms with Crippen molar-refractivity contribution in [3.8, 4) is 0 Å². The molecule has 19 heavy (non-hydrogen) atoms. The van der Waals surface area contributed by atoms with Crippen LogP contribution in [0.15, 0.2) is 55.9 Å². The van der Waals surface area contributed by atoms with E-state index in [1.54, 1.807) is 0 Å². The molecule has 0 radical (unpaired) electrons. The maximum absolute atomic E-state index is 11.9. The SMILES string of the molecule is O=C(Cc1ccc(Br)cc1)Nc1ccc(Br)cc1Br. The largest absolute Gasteiger partial charge is 0.325 e. The zero-order chi connectivity index (χ0) is 13.8. The van der Waals surface area contributed by atoms with E-state index in [0.717, 1.165) is 24.7 Å². The van der Waals surface area contributed by atoms with Gasteiger partial charge in [-0.2, -0.15) is 0 Å². The lowest BCUT2D eigenvalue weighted by atomic mass is 10.1. The summed E-state index contributed by atoms with van der Waals surface area (Å²) in [7, 11) is 0. The number of carbonyl (C=O) groups excluding carboxylic acids is 1. The molecule has 0 aliphatic carbocycles. The van der Waals surface area contributed by atoms with Gasteiger partial charge in [0.25, 0.3) is 0 Å². The molecule has 2 aromatic rings. The first-order valence-corrected chi connectivity index (χ1v) is 7.92. The van der Waals surface area contributed by atoms with E-state index in [2.05, 4.69) is 53.1 Å². The van der Waals surface area contributed by atoms with E-state index >= 15 is 0 Å². The Morgan fingerprint density at radius 1 is 0.947 bits per heavy atom. The Kier molecular flexibility index (Phi) is 5.19. The quantitative estimate of drug-likeness (QED) is 0.692. The summed E-state index contributed by atoms with van der Waals surface area (Å²) in [6.07, 6.45) is 0.357. The Balaban J connectivity index is 2.03. The van der Waals surface area contributed by atoms with Crippen molar-refractivity contribution in [2.24, 2.45) is 0 Å². The van der Waals surface area contributed by atoms with Crippen molar-refractivity contribution in [3.63, 3.8) is 0 Å². The molecule has 0 atom stereocenters. The number of rotatable bonds is 3. The Labute approximate surface area is 137 Å². The van der Waals surface area contributed by atoms with Crippen molar-refractivity contribution in [1.82, 2.24) is 0 Å². The molecule has 0 unspecified atom stereocenters. The highest BCUT2D eigenvalue weighted by Crippen LogP contribution is 2.26. The molecule has 0 bridgehead atoms. The molecule has 2 rings (SSSR count). The predicted octanol–water partition coefficient (Wildman–Crippen LogP) is 5.16. The van der Waals surface area contributed by atoms with Gasteiger partial charge < -0.3 is 5.32 Å². The molecule has 0 aromatic heterocycles. The molecular weight excluding hydrogens is 438 g/mol. The van der Waals surface area contributed by atoms with Gasteiger partial charge in [0.2, 0.25) is 5.91 Å². The molecule has 0 heterocycles. The zero-order valence-corrected chi connectivity index (χ0v) is 14.5. The van der Waals surface area contributed by atoms with Crippen LogP contribution in [0.2, 0.25) is 0 Å². The van der Waals surface area contributed by atoms with Crippen LogP contribution in [0.4, 0.5) is 5.69 Å². The lowest BCUT2D eigenvalue weighted by molar-refractivity contribution is -0.115. The smallest absolute Gasteiger partial charge is 0.228 e. The molecule has 1 amide bonds. The molecule has 0 aliphatic heterocycles. The molecule has 0 fully saturated rings. The Bertz CT molecular complexity index is 596. The average Bonchev–Trinajstić information content (AvgIpc) is 2.36. The second-order valence-corrected chi connectivity index (χ2v) is 6.66. The third kappa shape index (κ3) is 4.44. The Morgan fingerprint density at radius 3 is 2.21 bits per heavy atom. The highest BCUT2D eigenvalue weighted by Gasteiger charge is 2.07. The fourth-order valence-corrected chi connectivity index (χ4v) is 2.98. The topological polar surface area (TPSA) is 29.1 Å². The molecule has 0 saturated heterocycles. The minimum absolute atomic E-state index is 0.0367. The van der Waals surface area contributed by atoms with Crippen LogP contribution in [0.5, 0.6) is 0 Å². The average molecular weight is 448 g/mol. The van der Waals surface area contributed by atoms with Crippen molar-refractivity contribution >= 4 is 59.4 Å². The number of hydrogen-bond donors (Lipinski definition) is 1. The van der Waals surface area contributed by atoms with E-state index in [1.165, 1.54) is 0 Å². The molecule has 2 aromatic carbocycles. The van der Waals surface area contributed by atoms with Gasteiger partial charge in [-0.05, 0) is 51.8 Å². The van der Waals surface area contributed by atoms with Gasteiger partial charge in [0, 0.05) is 13.4 Å². The molecule has 2 nitrogen and oxygen atoms in total. The normalized spacial score (nSPS) is 10.3. The van der Waals surface area contributed by atoms with Gasteiger partial charge in [-0.3, -0.25) is 4.79 Å². The highest BCUT2D eigenvalue weighted by atomic mass is 79.9. The summed E-state index contributed by atoms with van der Waals surface area (Å²) >= 11 is 10.2. The lowest BCUT2D eigenvalue weighted by Gasteiger charge is -2.08. The summed E-state index contributed by atoms with van der Waals surface area (Å²) in [5, 5.41) is 2.88. The molecular formula is C14H10Br3NO. The Hall–Kier alpha value is -0.650. The number of anilines is 1. The van der Waals surface area contributed by atoms with Crippen LogP contribution in [0, 0.1) is 0 Å². The van der Waals surface area contributed by atoms with Crippen molar-refractivity contribution < 1.29 is 4.79 Å². The van der Waals surface area contributed by atoms with Gasteiger partial charge in [-0.15, -0.1) is 0 Å². The summed E-state index contributed by atoms with van der Waals surface area (Å²) in [5.74, 6) is -0.0367. The molecule has 0 spiro atoms. The summed E-state index contributed by atoms with van der Waals surface area (Å²) in [6, 6.07) is 13.4. The van der Waals surface area contributed by atoms with Crippen LogP contribution in [0.3, 0.4) is 0 Å². The molecule has 5 heteroatoms. The number of amides is 1. The molecule has 98 valence electrons. The van der Waals surface area contributed by atoms with Crippen LogP contribution in [0.25, 0.3) is 0 Å². The second-order valence-electron chi connectivity index (χ2n) is 3.98. The maximum atomic E-state index is 11.9. The molecule has 1 N–H and O–H groups in total. The number of hydrogen-bond acceptors (Lipinski definition) is 1. The first kappa shape index (κ1) is 14.8. The second kappa shape index (κ2) is 6.68. The van der Waals surface area contributed by atoms with Crippen LogP contribution in [-0.4, -0.2) is 5.91 Å². The number of benzene rings is 2. The monoisotopic (exact) mass is 445 g/mol. The van der Waals surface area contributed by atoms with Crippen molar-refractivity contribution in [2.75, 3.05) is 5.32 Å². The predicted molar refractivity (Wildman–Crippen MR) is 88.3 cm³/mol. The van der Waals surface area contributed by atoms with E-state index in [9.17, 15) is 4.79 Å². The van der Waals surface area contributed by atoms with Gasteiger partial charge in [-0.1, -0.05) is 44.0 Å². The number of nitrogens with one attached hydrogen (secondary N) is 1. The maximum Gasteiger partial charge on any atom is 0.228 e. The van der Waals surface area contributed by atoms with E-state index < -0.39 is 0 Å². The molecule has 0 aliphatic rings. The minimum Gasteiger partial charge on any atom is -0.325 e. The zero-order valence-electron chi connectivity index (χ0n) is 9.79. The van der Waals surface area contributed by atoms with E-state index in [4.69, 9.17) is 0 Å². The number of halogens is 3. The Morgan fingerprint density at radius 2 is 1.58 bits per heavy atom. The minimum atomic E-state index is -0.0367. The summed E-state index contributed by atoms with van der Waals surface area (Å²) in [4.78, 5) is 11.9. The first-order valence-electron chi connectivity index (χ1n) is 5.54.